The number of H-pyrrole nitrogens is 1. The fraction of sp³-hybridized carbons (Fsp3) is 0.333. The highest BCUT2D eigenvalue weighted by Gasteiger charge is 2.19. The summed E-state index contributed by atoms with van der Waals surface area (Å²) in [6, 6.07) is 6.88. The van der Waals surface area contributed by atoms with Crippen molar-refractivity contribution in [1.82, 2.24) is 15.5 Å². The van der Waals surface area contributed by atoms with Gasteiger partial charge in [-0.1, -0.05) is 32.0 Å². The summed E-state index contributed by atoms with van der Waals surface area (Å²) >= 11 is 3.39. The number of anilines is 1. The van der Waals surface area contributed by atoms with E-state index in [0.717, 1.165) is 11.9 Å². The van der Waals surface area contributed by atoms with Gasteiger partial charge in [0.2, 0.25) is 10.0 Å². The number of amides is 1. The molecule has 1 amide bonds. The number of carbonyl (C=O) groups excluding carboxylic acids is 1. The topological polar surface area (TPSA) is 104 Å². The molecule has 3 N–H and O–H groups in total. The van der Waals surface area contributed by atoms with Crippen molar-refractivity contribution in [2.24, 2.45) is 0 Å². The molecule has 2 rings (SSSR count). The number of carbonyl (C=O) groups is 1. The summed E-state index contributed by atoms with van der Waals surface area (Å²) in [5, 5.41) is 9.63. The second-order valence-corrected chi connectivity index (χ2v) is 8.21. The van der Waals surface area contributed by atoms with Crippen LogP contribution < -0.4 is 10.0 Å². The highest BCUT2D eigenvalue weighted by Crippen LogP contribution is 2.25. The van der Waals surface area contributed by atoms with Gasteiger partial charge in [-0.15, -0.1) is 0 Å². The number of halogens is 1. The van der Waals surface area contributed by atoms with Crippen LogP contribution in [0.5, 0.6) is 0 Å². The van der Waals surface area contributed by atoms with Crippen LogP contribution >= 0.6 is 15.9 Å². The van der Waals surface area contributed by atoms with E-state index in [1.54, 1.807) is 24.3 Å². The van der Waals surface area contributed by atoms with Gasteiger partial charge in [-0.3, -0.25) is 14.6 Å². The van der Waals surface area contributed by atoms with Crippen molar-refractivity contribution in [3.8, 4) is 0 Å². The maximum Gasteiger partial charge on any atom is 0.273 e. The summed E-state index contributed by atoms with van der Waals surface area (Å²) in [6.45, 7) is 4.16. The third-order valence-electron chi connectivity index (χ3n) is 3.28. The number of para-hydroxylation sites is 1. The summed E-state index contributed by atoms with van der Waals surface area (Å²) in [7, 11) is -3.39. The fourth-order valence-corrected chi connectivity index (χ4v) is 3.52. The van der Waals surface area contributed by atoms with Gasteiger partial charge in [-0.25, -0.2) is 8.42 Å². The second-order valence-electron chi connectivity index (χ2n) is 5.67. The third kappa shape index (κ3) is 4.57. The number of aromatic amines is 1. The Morgan fingerprint density at radius 2 is 2.00 bits per heavy atom. The fourth-order valence-electron chi connectivity index (χ4n) is 2.11. The van der Waals surface area contributed by atoms with E-state index in [4.69, 9.17) is 0 Å². The Labute approximate surface area is 149 Å². The van der Waals surface area contributed by atoms with E-state index >= 15 is 0 Å². The smallest absolute Gasteiger partial charge is 0.273 e. The molecule has 0 aliphatic carbocycles. The van der Waals surface area contributed by atoms with Crippen LogP contribution in [0.3, 0.4) is 0 Å². The van der Waals surface area contributed by atoms with Gasteiger partial charge >= 0.3 is 0 Å². The molecule has 0 aliphatic rings. The van der Waals surface area contributed by atoms with Crippen LogP contribution in [-0.2, 0) is 16.6 Å². The number of hydrogen-bond acceptors (Lipinski definition) is 4. The van der Waals surface area contributed by atoms with Crippen LogP contribution in [0.4, 0.5) is 5.69 Å². The minimum atomic E-state index is -3.39. The SMILES string of the molecule is CC(C)c1[nH]nc(C(=O)NCc2ccccc2NS(C)(=O)=O)c1Br. The zero-order valence-electron chi connectivity index (χ0n) is 13.6. The number of aromatic nitrogens is 2. The Balaban J connectivity index is 2.13. The molecule has 1 aromatic heterocycles. The number of nitrogens with one attached hydrogen (secondary N) is 3. The molecule has 130 valence electrons. The average molecular weight is 415 g/mol. The van der Waals surface area contributed by atoms with Gasteiger partial charge in [0.1, 0.15) is 0 Å². The van der Waals surface area contributed by atoms with E-state index in [1.807, 2.05) is 13.8 Å². The molecule has 2 aromatic rings. The highest BCUT2D eigenvalue weighted by atomic mass is 79.9. The first-order valence-electron chi connectivity index (χ1n) is 7.26. The van der Waals surface area contributed by atoms with E-state index in [0.29, 0.717) is 15.7 Å². The average Bonchev–Trinajstić information content (AvgIpc) is 2.86. The van der Waals surface area contributed by atoms with Crippen LogP contribution in [0.2, 0.25) is 0 Å². The standard InChI is InChI=1S/C15H19BrN4O3S/c1-9(2)13-12(16)14(19-18-13)15(21)17-8-10-6-4-5-7-11(10)20-24(3,22)23/h4-7,9,20H,8H2,1-3H3,(H,17,21)(H,18,19). The zero-order chi connectivity index (χ0) is 17.9. The quantitative estimate of drug-likeness (QED) is 0.675. The van der Waals surface area contributed by atoms with E-state index in [1.165, 1.54) is 0 Å². The van der Waals surface area contributed by atoms with Crippen molar-refractivity contribution in [3.05, 3.63) is 45.7 Å². The Kier molecular flexibility index (Phi) is 5.66. The maximum atomic E-state index is 12.3. The first-order chi connectivity index (χ1) is 11.2. The summed E-state index contributed by atoms with van der Waals surface area (Å²) in [5.74, 6) is -0.146. The molecular formula is C15H19BrN4O3S. The molecule has 0 atom stereocenters. The molecule has 1 aromatic carbocycles. The molecule has 24 heavy (non-hydrogen) atoms. The Bertz CT molecular complexity index is 846. The van der Waals surface area contributed by atoms with Crippen molar-refractivity contribution in [2.75, 3.05) is 11.0 Å². The lowest BCUT2D eigenvalue weighted by Gasteiger charge is -2.11. The minimum Gasteiger partial charge on any atom is -0.346 e. The van der Waals surface area contributed by atoms with E-state index in [9.17, 15) is 13.2 Å². The number of sulfonamides is 1. The molecule has 7 nitrogen and oxygen atoms in total. The molecule has 0 radical (unpaired) electrons. The van der Waals surface area contributed by atoms with Crippen LogP contribution in [0.1, 0.15) is 41.5 Å². The number of rotatable bonds is 6. The van der Waals surface area contributed by atoms with Gasteiger partial charge in [-0.05, 0) is 33.5 Å². The lowest BCUT2D eigenvalue weighted by atomic mass is 10.1. The largest absolute Gasteiger partial charge is 0.346 e. The van der Waals surface area contributed by atoms with E-state index in [2.05, 4.69) is 36.2 Å². The molecule has 0 aliphatic heterocycles. The van der Waals surface area contributed by atoms with Crippen molar-refractivity contribution >= 4 is 37.5 Å². The highest BCUT2D eigenvalue weighted by molar-refractivity contribution is 9.10. The Morgan fingerprint density at radius 3 is 2.58 bits per heavy atom. The third-order valence-corrected chi connectivity index (χ3v) is 4.67. The molecule has 0 unspecified atom stereocenters. The molecule has 0 fully saturated rings. The normalized spacial score (nSPS) is 11.5. The van der Waals surface area contributed by atoms with Gasteiger partial charge in [0.05, 0.1) is 22.1 Å². The predicted molar refractivity (Wildman–Crippen MR) is 96.5 cm³/mol. The van der Waals surface area contributed by atoms with E-state index < -0.39 is 10.0 Å². The van der Waals surface area contributed by atoms with Crippen molar-refractivity contribution in [2.45, 2.75) is 26.3 Å². The summed E-state index contributed by atoms with van der Waals surface area (Å²) < 4.78 is 25.9. The second kappa shape index (κ2) is 7.35. The number of nitrogens with zero attached hydrogens (tertiary/aromatic N) is 1. The van der Waals surface area contributed by atoms with Crippen LogP contribution in [0.25, 0.3) is 0 Å². The molecule has 0 saturated heterocycles. The maximum absolute atomic E-state index is 12.3. The molecule has 1 heterocycles. The summed E-state index contributed by atoms with van der Waals surface area (Å²) in [5.41, 5.74) is 2.21. The lowest BCUT2D eigenvalue weighted by molar-refractivity contribution is 0.0945. The van der Waals surface area contributed by atoms with Crippen LogP contribution in [0.15, 0.2) is 28.7 Å². The molecule has 0 saturated carbocycles. The van der Waals surface area contributed by atoms with Crippen molar-refractivity contribution in [3.63, 3.8) is 0 Å². The monoisotopic (exact) mass is 414 g/mol. The lowest BCUT2D eigenvalue weighted by Crippen LogP contribution is -2.24. The predicted octanol–water partition coefficient (Wildman–Crippen LogP) is 2.60. The van der Waals surface area contributed by atoms with Gasteiger partial charge in [0.15, 0.2) is 5.69 Å². The molecular weight excluding hydrogens is 396 g/mol. The Hall–Kier alpha value is -1.87. The Morgan fingerprint density at radius 1 is 1.33 bits per heavy atom. The van der Waals surface area contributed by atoms with Crippen LogP contribution in [0, 0.1) is 0 Å². The molecule has 0 bridgehead atoms. The number of hydrogen-bond donors (Lipinski definition) is 3. The summed E-state index contributed by atoms with van der Waals surface area (Å²) in [6.07, 6.45) is 1.08. The zero-order valence-corrected chi connectivity index (χ0v) is 16.0. The first kappa shape index (κ1) is 18.5. The van der Waals surface area contributed by atoms with Crippen molar-refractivity contribution < 1.29 is 13.2 Å². The van der Waals surface area contributed by atoms with Gasteiger partial charge in [0, 0.05) is 6.54 Å². The van der Waals surface area contributed by atoms with Crippen molar-refractivity contribution in [1.29, 1.82) is 0 Å². The first-order valence-corrected chi connectivity index (χ1v) is 9.95. The van der Waals surface area contributed by atoms with Gasteiger partial charge in [-0.2, -0.15) is 5.10 Å². The molecule has 9 heteroatoms. The van der Waals surface area contributed by atoms with Gasteiger partial charge < -0.3 is 5.32 Å². The minimum absolute atomic E-state index is 0.174. The number of benzene rings is 1. The molecule has 0 spiro atoms. The van der Waals surface area contributed by atoms with E-state index in [-0.39, 0.29) is 24.1 Å². The summed E-state index contributed by atoms with van der Waals surface area (Å²) in [4.78, 5) is 12.3. The van der Waals surface area contributed by atoms with Crippen LogP contribution in [-0.4, -0.2) is 30.8 Å². The van der Waals surface area contributed by atoms with Gasteiger partial charge in [0.25, 0.3) is 5.91 Å².